The van der Waals surface area contributed by atoms with Gasteiger partial charge in [0.25, 0.3) is 0 Å². The fraction of sp³-hybridized carbons (Fsp3) is 0.429. The van der Waals surface area contributed by atoms with Crippen LogP contribution in [0, 0.1) is 13.8 Å². The smallest absolute Gasteiger partial charge is 0.371 e. The van der Waals surface area contributed by atoms with Gasteiger partial charge in [-0.25, -0.2) is 0 Å². The molecule has 1 heterocycles. The number of rotatable bonds is 6. The number of aryl methyl sites for hydroxylation is 2. The van der Waals surface area contributed by atoms with E-state index in [0.29, 0.717) is 10.9 Å². The molecule has 2 aromatic rings. The number of aromatic nitrogens is 3. The van der Waals surface area contributed by atoms with Gasteiger partial charge in [-0.1, -0.05) is 30.0 Å². The van der Waals surface area contributed by atoms with E-state index in [9.17, 15) is 13.2 Å². The van der Waals surface area contributed by atoms with Crippen molar-refractivity contribution >= 4 is 11.8 Å². The van der Waals surface area contributed by atoms with Crippen molar-refractivity contribution in [2.45, 2.75) is 25.2 Å². The van der Waals surface area contributed by atoms with Gasteiger partial charge < -0.3 is 4.74 Å². The largest absolute Gasteiger partial charge is 0.411 e. The minimum absolute atomic E-state index is 0.00383. The average Bonchev–Trinajstić information content (AvgIpc) is 2.79. The molecule has 0 aliphatic heterocycles. The predicted octanol–water partition coefficient (Wildman–Crippen LogP) is 3.56. The Bertz CT molecular complexity index is 628. The van der Waals surface area contributed by atoms with Crippen LogP contribution in [0.5, 0.6) is 0 Å². The molecule has 0 amide bonds. The quantitative estimate of drug-likeness (QED) is 0.599. The number of para-hydroxylation sites is 1. The summed E-state index contributed by atoms with van der Waals surface area (Å²) in [6.07, 6.45) is -4.29. The van der Waals surface area contributed by atoms with Gasteiger partial charge >= 0.3 is 6.18 Å². The Labute approximate surface area is 130 Å². The Balaban J connectivity index is 2.00. The molecule has 0 N–H and O–H groups in total. The zero-order chi connectivity index (χ0) is 16.2. The molecule has 0 saturated heterocycles. The van der Waals surface area contributed by atoms with E-state index in [2.05, 4.69) is 14.9 Å². The van der Waals surface area contributed by atoms with Crippen LogP contribution in [-0.2, 0) is 4.74 Å². The lowest BCUT2D eigenvalue weighted by atomic mass is 10.2. The van der Waals surface area contributed by atoms with E-state index in [4.69, 9.17) is 0 Å². The molecular weight excluding hydrogens is 315 g/mol. The van der Waals surface area contributed by atoms with Crippen LogP contribution in [0.25, 0.3) is 5.69 Å². The minimum atomic E-state index is -4.29. The first-order valence-electron chi connectivity index (χ1n) is 6.64. The van der Waals surface area contributed by atoms with E-state index < -0.39 is 12.8 Å². The van der Waals surface area contributed by atoms with Crippen molar-refractivity contribution in [1.29, 1.82) is 0 Å². The summed E-state index contributed by atoms with van der Waals surface area (Å²) in [6, 6.07) is 7.80. The molecule has 0 aliphatic carbocycles. The Morgan fingerprint density at radius 2 is 1.91 bits per heavy atom. The van der Waals surface area contributed by atoms with Gasteiger partial charge in [0.1, 0.15) is 12.4 Å². The van der Waals surface area contributed by atoms with Crippen LogP contribution >= 0.6 is 11.8 Å². The molecule has 1 aromatic heterocycles. The Kier molecular flexibility index (Phi) is 5.47. The fourth-order valence-electron chi connectivity index (χ4n) is 1.91. The monoisotopic (exact) mass is 331 g/mol. The molecule has 0 aliphatic rings. The Morgan fingerprint density at radius 3 is 2.59 bits per heavy atom. The third-order valence-corrected chi connectivity index (χ3v) is 3.77. The molecule has 0 fully saturated rings. The molecular formula is C14H16F3N3OS. The summed E-state index contributed by atoms with van der Waals surface area (Å²) in [5.41, 5.74) is 2.03. The molecule has 0 spiro atoms. The summed E-state index contributed by atoms with van der Waals surface area (Å²) < 4.78 is 42.4. The first kappa shape index (κ1) is 16.8. The second-order valence-corrected chi connectivity index (χ2v) is 5.73. The second kappa shape index (κ2) is 7.15. The molecule has 2 rings (SSSR count). The number of halogens is 3. The lowest BCUT2D eigenvalue weighted by molar-refractivity contribution is -0.172. The van der Waals surface area contributed by atoms with Crippen molar-refractivity contribution in [2.75, 3.05) is 19.0 Å². The lowest BCUT2D eigenvalue weighted by Crippen LogP contribution is -2.18. The summed E-state index contributed by atoms with van der Waals surface area (Å²) in [5, 5.41) is 8.76. The van der Waals surface area contributed by atoms with Crippen LogP contribution in [0.3, 0.4) is 0 Å². The lowest BCUT2D eigenvalue weighted by Gasteiger charge is -2.11. The Morgan fingerprint density at radius 1 is 1.18 bits per heavy atom. The maximum absolute atomic E-state index is 12.0. The van der Waals surface area contributed by atoms with Crippen LogP contribution in [0.2, 0.25) is 0 Å². The maximum Gasteiger partial charge on any atom is 0.411 e. The zero-order valence-corrected chi connectivity index (χ0v) is 13.0. The standard InChI is InChI=1S/C14H16F3N3OS/c1-10-5-3-4-6-12(10)20-11(2)18-19-13(20)22-8-7-21-9-14(15,16)17/h3-6H,7-9H2,1-2H3. The number of alkyl halides is 3. The van der Waals surface area contributed by atoms with E-state index in [1.54, 1.807) is 0 Å². The average molecular weight is 331 g/mol. The topological polar surface area (TPSA) is 39.9 Å². The van der Waals surface area contributed by atoms with Crippen LogP contribution in [0.1, 0.15) is 11.4 Å². The summed E-state index contributed by atoms with van der Waals surface area (Å²) in [7, 11) is 0. The van der Waals surface area contributed by atoms with Crippen LogP contribution in [0.4, 0.5) is 13.2 Å². The Hall–Kier alpha value is -1.54. The normalized spacial score (nSPS) is 11.9. The van der Waals surface area contributed by atoms with Crippen molar-refractivity contribution in [3.63, 3.8) is 0 Å². The van der Waals surface area contributed by atoms with E-state index >= 15 is 0 Å². The van der Waals surface area contributed by atoms with Crippen LogP contribution in [0.15, 0.2) is 29.4 Å². The highest BCUT2D eigenvalue weighted by atomic mass is 32.2. The minimum Gasteiger partial charge on any atom is -0.371 e. The molecule has 1 aromatic carbocycles. The summed E-state index contributed by atoms with van der Waals surface area (Å²) in [5.74, 6) is 1.10. The summed E-state index contributed by atoms with van der Waals surface area (Å²) in [4.78, 5) is 0. The molecule has 0 saturated carbocycles. The van der Waals surface area contributed by atoms with E-state index in [1.807, 2.05) is 42.7 Å². The molecule has 0 unspecified atom stereocenters. The van der Waals surface area contributed by atoms with Crippen molar-refractivity contribution in [1.82, 2.24) is 14.8 Å². The molecule has 120 valence electrons. The van der Waals surface area contributed by atoms with Crippen LogP contribution < -0.4 is 0 Å². The van der Waals surface area contributed by atoms with E-state index in [1.165, 1.54) is 11.8 Å². The molecule has 4 nitrogen and oxygen atoms in total. The third-order valence-electron chi connectivity index (χ3n) is 2.88. The second-order valence-electron chi connectivity index (χ2n) is 4.67. The molecule has 0 radical (unpaired) electrons. The van der Waals surface area contributed by atoms with Gasteiger partial charge in [-0.15, -0.1) is 10.2 Å². The fourth-order valence-corrected chi connectivity index (χ4v) is 2.75. The number of nitrogens with zero attached hydrogens (tertiary/aromatic N) is 3. The van der Waals surface area contributed by atoms with Gasteiger partial charge in [-0.05, 0) is 25.5 Å². The van der Waals surface area contributed by atoms with Gasteiger partial charge in [-0.2, -0.15) is 13.2 Å². The number of hydrogen-bond acceptors (Lipinski definition) is 4. The van der Waals surface area contributed by atoms with E-state index in [0.717, 1.165) is 17.1 Å². The zero-order valence-electron chi connectivity index (χ0n) is 12.2. The molecule has 0 atom stereocenters. The van der Waals surface area contributed by atoms with Crippen LogP contribution in [-0.4, -0.2) is 39.9 Å². The maximum atomic E-state index is 12.0. The molecule has 8 heteroatoms. The summed E-state index contributed by atoms with van der Waals surface area (Å²) in [6.45, 7) is 2.60. The number of ether oxygens (including phenoxy) is 1. The highest BCUT2D eigenvalue weighted by Crippen LogP contribution is 2.24. The number of hydrogen-bond donors (Lipinski definition) is 0. The van der Waals surface area contributed by atoms with Gasteiger partial charge in [0.05, 0.1) is 12.3 Å². The number of benzene rings is 1. The molecule has 0 bridgehead atoms. The highest BCUT2D eigenvalue weighted by molar-refractivity contribution is 7.99. The van der Waals surface area contributed by atoms with E-state index in [-0.39, 0.29) is 6.61 Å². The van der Waals surface area contributed by atoms with Crippen molar-refractivity contribution in [2.24, 2.45) is 0 Å². The van der Waals surface area contributed by atoms with Crippen molar-refractivity contribution in [3.8, 4) is 5.69 Å². The highest BCUT2D eigenvalue weighted by Gasteiger charge is 2.27. The third kappa shape index (κ3) is 4.48. The predicted molar refractivity (Wildman–Crippen MR) is 78.4 cm³/mol. The van der Waals surface area contributed by atoms with Crippen molar-refractivity contribution < 1.29 is 17.9 Å². The first-order chi connectivity index (χ1) is 10.4. The van der Waals surface area contributed by atoms with Gasteiger partial charge in [0.2, 0.25) is 0 Å². The SMILES string of the molecule is Cc1ccccc1-n1c(C)nnc1SCCOCC(F)(F)F. The van der Waals surface area contributed by atoms with Gasteiger partial charge in [-0.3, -0.25) is 4.57 Å². The first-order valence-corrected chi connectivity index (χ1v) is 7.62. The summed E-state index contributed by atoms with van der Waals surface area (Å²) >= 11 is 1.32. The van der Waals surface area contributed by atoms with Gasteiger partial charge in [0, 0.05) is 5.75 Å². The van der Waals surface area contributed by atoms with Crippen molar-refractivity contribution in [3.05, 3.63) is 35.7 Å². The van der Waals surface area contributed by atoms with Gasteiger partial charge in [0.15, 0.2) is 5.16 Å². The number of thioether (sulfide) groups is 1. The molecule has 22 heavy (non-hydrogen) atoms.